The zero-order valence-electron chi connectivity index (χ0n) is 12.4. The zero-order chi connectivity index (χ0) is 14.5. The van der Waals surface area contributed by atoms with Crippen molar-refractivity contribution in [2.24, 2.45) is 0 Å². The van der Waals surface area contributed by atoms with Crippen molar-refractivity contribution >= 4 is 5.95 Å². The lowest BCUT2D eigenvalue weighted by atomic mass is 10.3. The highest BCUT2D eigenvalue weighted by molar-refractivity contribution is 5.46. The Labute approximate surface area is 119 Å². The van der Waals surface area contributed by atoms with Crippen LogP contribution in [0.4, 0.5) is 5.95 Å². The first-order valence-corrected chi connectivity index (χ1v) is 6.60. The first-order valence-electron chi connectivity index (χ1n) is 6.60. The third-order valence-corrected chi connectivity index (χ3v) is 2.95. The third kappa shape index (κ3) is 3.30. The number of hydrogen-bond acceptors (Lipinski definition) is 4. The predicted molar refractivity (Wildman–Crippen MR) is 79.8 cm³/mol. The maximum Gasteiger partial charge on any atom is 0.208 e. The Hall–Kier alpha value is -2.01. The van der Waals surface area contributed by atoms with E-state index < -0.39 is 0 Å². The number of benzene rings is 1. The van der Waals surface area contributed by atoms with E-state index >= 15 is 0 Å². The van der Waals surface area contributed by atoms with Crippen molar-refractivity contribution in [3.8, 4) is 11.4 Å². The Morgan fingerprint density at radius 1 is 1.35 bits per heavy atom. The molecule has 1 aromatic heterocycles. The van der Waals surface area contributed by atoms with Gasteiger partial charge in [0.25, 0.3) is 0 Å². The van der Waals surface area contributed by atoms with E-state index in [1.807, 2.05) is 42.0 Å². The molecule has 0 fully saturated rings. The number of nitrogens with zero attached hydrogens (tertiary/aromatic N) is 2. The number of methoxy groups -OCH3 is 2. The van der Waals surface area contributed by atoms with E-state index in [0.29, 0.717) is 6.61 Å². The number of nitrogens with one attached hydrogen (secondary N) is 1. The second-order valence-corrected chi connectivity index (χ2v) is 4.78. The van der Waals surface area contributed by atoms with E-state index in [0.717, 1.165) is 23.1 Å². The first-order chi connectivity index (χ1) is 9.63. The van der Waals surface area contributed by atoms with Crippen molar-refractivity contribution in [1.82, 2.24) is 9.55 Å². The summed E-state index contributed by atoms with van der Waals surface area (Å²) in [6.45, 7) is 4.66. The zero-order valence-corrected chi connectivity index (χ0v) is 12.4. The van der Waals surface area contributed by atoms with Crippen molar-refractivity contribution in [3.63, 3.8) is 0 Å². The number of aryl methyl sites for hydroxylation is 1. The quantitative estimate of drug-likeness (QED) is 0.880. The largest absolute Gasteiger partial charge is 0.497 e. The molecule has 0 aliphatic heterocycles. The van der Waals surface area contributed by atoms with Crippen LogP contribution in [0.15, 0.2) is 30.5 Å². The molecule has 20 heavy (non-hydrogen) atoms. The number of anilines is 1. The standard InChI is InChI=1S/C15H21N3O2/c1-11-9-18(13-6-5-7-14(8-13)20-4)15(16-11)17-12(2)10-19-3/h5-9,12H,10H2,1-4H3,(H,16,17). The van der Waals surface area contributed by atoms with Crippen LogP contribution in [0.5, 0.6) is 5.75 Å². The van der Waals surface area contributed by atoms with Crippen molar-refractivity contribution in [2.45, 2.75) is 19.9 Å². The second kappa shape index (κ2) is 6.43. The molecule has 0 amide bonds. The average Bonchev–Trinajstić information content (AvgIpc) is 2.80. The molecule has 1 atom stereocenters. The molecule has 0 bridgehead atoms. The maximum atomic E-state index is 5.27. The van der Waals surface area contributed by atoms with Gasteiger partial charge in [-0.3, -0.25) is 4.57 Å². The van der Waals surface area contributed by atoms with Gasteiger partial charge in [-0.1, -0.05) is 6.07 Å². The molecule has 5 nitrogen and oxygen atoms in total. The summed E-state index contributed by atoms with van der Waals surface area (Å²) < 4.78 is 12.4. The van der Waals surface area contributed by atoms with Crippen LogP contribution >= 0.6 is 0 Å². The fourth-order valence-electron chi connectivity index (χ4n) is 2.07. The minimum atomic E-state index is 0.186. The van der Waals surface area contributed by atoms with Gasteiger partial charge in [-0.05, 0) is 26.0 Å². The third-order valence-electron chi connectivity index (χ3n) is 2.95. The highest BCUT2D eigenvalue weighted by Gasteiger charge is 2.11. The summed E-state index contributed by atoms with van der Waals surface area (Å²) in [5, 5.41) is 3.35. The molecular formula is C15H21N3O2. The summed E-state index contributed by atoms with van der Waals surface area (Å²) in [5.41, 5.74) is 1.97. The van der Waals surface area contributed by atoms with Gasteiger partial charge in [0, 0.05) is 25.4 Å². The fourth-order valence-corrected chi connectivity index (χ4v) is 2.07. The van der Waals surface area contributed by atoms with Crippen LogP contribution in [0.2, 0.25) is 0 Å². The van der Waals surface area contributed by atoms with Gasteiger partial charge in [-0.15, -0.1) is 0 Å². The molecule has 0 radical (unpaired) electrons. The molecule has 0 aliphatic rings. The normalized spacial score (nSPS) is 12.2. The molecule has 1 unspecified atom stereocenters. The van der Waals surface area contributed by atoms with Crippen LogP contribution in [-0.2, 0) is 4.74 Å². The Morgan fingerprint density at radius 2 is 2.15 bits per heavy atom. The molecule has 1 heterocycles. The van der Waals surface area contributed by atoms with E-state index in [4.69, 9.17) is 9.47 Å². The highest BCUT2D eigenvalue weighted by Crippen LogP contribution is 2.21. The van der Waals surface area contributed by atoms with E-state index in [2.05, 4.69) is 17.2 Å². The Balaban J connectivity index is 2.31. The smallest absolute Gasteiger partial charge is 0.208 e. The maximum absolute atomic E-state index is 5.27. The number of aromatic nitrogens is 2. The number of hydrogen-bond donors (Lipinski definition) is 1. The number of rotatable bonds is 6. The minimum absolute atomic E-state index is 0.186. The van der Waals surface area contributed by atoms with E-state index in [1.165, 1.54) is 0 Å². The van der Waals surface area contributed by atoms with Crippen molar-refractivity contribution < 1.29 is 9.47 Å². The van der Waals surface area contributed by atoms with Gasteiger partial charge < -0.3 is 14.8 Å². The Bertz CT molecular complexity index is 566. The topological polar surface area (TPSA) is 48.3 Å². The van der Waals surface area contributed by atoms with Crippen molar-refractivity contribution in [3.05, 3.63) is 36.2 Å². The molecule has 1 N–H and O–H groups in total. The SMILES string of the molecule is COCC(C)Nc1nc(C)cn1-c1cccc(OC)c1. The lowest BCUT2D eigenvalue weighted by Crippen LogP contribution is -2.22. The summed E-state index contributed by atoms with van der Waals surface area (Å²) in [7, 11) is 3.36. The van der Waals surface area contributed by atoms with Gasteiger partial charge in [0.15, 0.2) is 0 Å². The van der Waals surface area contributed by atoms with Gasteiger partial charge in [0.1, 0.15) is 5.75 Å². The lowest BCUT2D eigenvalue weighted by Gasteiger charge is -2.15. The van der Waals surface area contributed by atoms with Gasteiger partial charge >= 0.3 is 0 Å². The molecule has 0 saturated carbocycles. The van der Waals surface area contributed by atoms with Crippen LogP contribution in [0, 0.1) is 6.92 Å². The molecule has 1 aromatic carbocycles. The molecule has 5 heteroatoms. The van der Waals surface area contributed by atoms with Crippen LogP contribution < -0.4 is 10.1 Å². The van der Waals surface area contributed by atoms with Crippen LogP contribution in [0.1, 0.15) is 12.6 Å². The molecule has 0 saturated heterocycles. The van der Waals surface area contributed by atoms with E-state index in [1.54, 1.807) is 14.2 Å². The second-order valence-electron chi connectivity index (χ2n) is 4.78. The van der Waals surface area contributed by atoms with Gasteiger partial charge in [-0.25, -0.2) is 4.98 Å². The van der Waals surface area contributed by atoms with Gasteiger partial charge in [-0.2, -0.15) is 0 Å². The van der Waals surface area contributed by atoms with Gasteiger partial charge in [0.05, 0.1) is 25.1 Å². The Morgan fingerprint density at radius 3 is 2.85 bits per heavy atom. The summed E-state index contributed by atoms with van der Waals surface area (Å²) in [5.74, 6) is 1.63. The molecule has 0 spiro atoms. The summed E-state index contributed by atoms with van der Waals surface area (Å²) >= 11 is 0. The van der Waals surface area contributed by atoms with Gasteiger partial charge in [0.2, 0.25) is 5.95 Å². The van der Waals surface area contributed by atoms with E-state index in [-0.39, 0.29) is 6.04 Å². The average molecular weight is 275 g/mol. The molecule has 0 aliphatic carbocycles. The monoisotopic (exact) mass is 275 g/mol. The van der Waals surface area contributed by atoms with Crippen LogP contribution in [-0.4, -0.2) is 36.4 Å². The molecule has 2 rings (SSSR count). The number of ether oxygens (including phenoxy) is 2. The number of imidazole rings is 1. The first kappa shape index (κ1) is 14.4. The lowest BCUT2D eigenvalue weighted by molar-refractivity contribution is 0.190. The molecule has 108 valence electrons. The van der Waals surface area contributed by atoms with Crippen LogP contribution in [0.3, 0.4) is 0 Å². The predicted octanol–water partition coefficient (Wildman–Crippen LogP) is 2.64. The van der Waals surface area contributed by atoms with Crippen LogP contribution in [0.25, 0.3) is 5.69 Å². The Kier molecular flexibility index (Phi) is 4.63. The fraction of sp³-hybridized carbons (Fsp3) is 0.400. The summed E-state index contributed by atoms with van der Waals surface area (Å²) in [6.07, 6.45) is 2.00. The molecule has 2 aromatic rings. The summed E-state index contributed by atoms with van der Waals surface area (Å²) in [6, 6.07) is 8.08. The van der Waals surface area contributed by atoms with Crippen molar-refractivity contribution in [1.29, 1.82) is 0 Å². The highest BCUT2D eigenvalue weighted by atomic mass is 16.5. The molecular weight excluding hydrogens is 254 g/mol. The van der Waals surface area contributed by atoms with Crippen molar-refractivity contribution in [2.75, 3.05) is 26.1 Å². The minimum Gasteiger partial charge on any atom is -0.497 e. The van der Waals surface area contributed by atoms with E-state index in [9.17, 15) is 0 Å². The summed E-state index contributed by atoms with van der Waals surface area (Å²) in [4.78, 5) is 4.52.